The molecule has 0 aliphatic carbocycles. The highest BCUT2D eigenvalue weighted by atomic mass is 32.1. The second-order valence-corrected chi connectivity index (χ2v) is 9.19. The number of rotatable bonds is 9. The number of aryl methyl sites for hydroxylation is 2. The van der Waals surface area contributed by atoms with Crippen LogP contribution in [0.1, 0.15) is 36.7 Å². The maximum atomic E-state index is 13.5. The van der Waals surface area contributed by atoms with Gasteiger partial charge in [0.2, 0.25) is 10.3 Å². The number of amides is 2. The third-order valence-corrected chi connectivity index (χ3v) is 5.28. The molecule has 0 saturated heterocycles. The molecule has 2 unspecified atom stereocenters. The van der Waals surface area contributed by atoms with E-state index in [4.69, 9.17) is 0 Å². The molecule has 0 saturated carbocycles. The second kappa shape index (κ2) is 9.03. The van der Waals surface area contributed by atoms with Gasteiger partial charge in [0.25, 0.3) is 11.8 Å². The third kappa shape index (κ3) is 6.89. The van der Waals surface area contributed by atoms with Crippen LogP contribution in [0.4, 0.5) is 19.0 Å². The Hall–Kier alpha value is -1.95. The number of unbranched alkanes of at least 4 members (excludes halogenated alkanes) is 1. The lowest BCUT2D eigenvalue weighted by Crippen LogP contribution is -2.36. The number of halogens is 2. The summed E-state index contributed by atoms with van der Waals surface area (Å²) in [5.74, 6) is -1.52. The van der Waals surface area contributed by atoms with E-state index < -0.39 is 23.0 Å². The Bertz CT molecular complexity index is 766. The summed E-state index contributed by atoms with van der Waals surface area (Å²) in [5, 5.41) is 22.4. The van der Waals surface area contributed by atoms with E-state index in [9.17, 15) is 18.4 Å². The SMILES string of the molecule is BC(C)(F)C(=O)Nc1nnc(CCCCc2nnc(NC(=O)C(B)(C)F)s2)s1. The van der Waals surface area contributed by atoms with E-state index >= 15 is 0 Å². The molecular formula is C14H20B2F2N6O2S2. The van der Waals surface area contributed by atoms with Crippen molar-refractivity contribution in [3.8, 4) is 0 Å². The quantitative estimate of drug-likeness (QED) is 0.444. The number of nitrogens with one attached hydrogen (secondary N) is 2. The molecule has 8 nitrogen and oxygen atoms in total. The zero-order chi connectivity index (χ0) is 20.9. The van der Waals surface area contributed by atoms with Crippen LogP contribution in [0, 0.1) is 0 Å². The topological polar surface area (TPSA) is 110 Å². The summed E-state index contributed by atoms with van der Waals surface area (Å²) >= 11 is 2.42. The Morgan fingerprint density at radius 3 is 1.54 bits per heavy atom. The van der Waals surface area contributed by atoms with Crippen LogP contribution in [0.25, 0.3) is 0 Å². The summed E-state index contributed by atoms with van der Waals surface area (Å²) in [4.78, 5) is 23.2. The molecule has 0 aliphatic heterocycles. The lowest BCUT2D eigenvalue weighted by molar-refractivity contribution is -0.122. The molecule has 2 aromatic rings. The highest BCUT2D eigenvalue weighted by Crippen LogP contribution is 2.21. The normalized spacial score (nSPS) is 15.4. The van der Waals surface area contributed by atoms with Crippen molar-refractivity contribution in [1.82, 2.24) is 20.4 Å². The predicted octanol–water partition coefficient (Wildman–Crippen LogP) is 0.470. The van der Waals surface area contributed by atoms with Crippen molar-refractivity contribution in [1.29, 1.82) is 0 Å². The highest BCUT2D eigenvalue weighted by molar-refractivity contribution is 7.15. The second-order valence-electron chi connectivity index (χ2n) is 7.06. The molecular weight excluding hydrogens is 408 g/mol. The molecule has 0 bridgehead atoms. The van der Waals surface area contributed by atoms with Gasteiger partial charge in [0.1, 0.15) is 21.2 Å². The third-order valence-electron chi connectivity index (χ3n) is 3.49. The van der Waals surface area contributed by atoms with E-state index in [1.165, 1.54) is 52.2 Å². The van der Waals surface area contributed by atoms with Gasteiger partial charge in [-0.3, -0.25) is 20.2 Å². The lowest BCUT2D eigenvalue weighted by Gasteiger charge is -2.11. The molecule has 14 heteroatoms. The molecule has 2 amide bonds. The van der Waals surface area contributed by atoms with Crippen molar-refractivity contribution >= 4 is 60.4 Å². The Labute approximate surface area is 170 Å². The van der Waals surface area contributed by atoms with Gasteiger partial charge in [-0.25, -0.2) is 8.78 Å². The van der Waals surface area contributed by atoms with Gasteiger partial charge in [-0.2, -0.15) is 0 Å². The number of carbonyl (C=O) groups is 2. The number of hydrogen-bond donors (Lipinski definition) is 2. The van der Waals surface area contributed by atoms with Crippen molar-refractivity contribution in [2.75, 3.05) is 10.6 Å². The van der Waals surface area contributed by atoms with Gasteiger partial charge in [0.05, 0.1) is 0 Å². The van der Waals surface area contributed by atoms with Gasteiger partial charge in [0, 0.05) is 12.8 Å². The van der Waals surface area contributed by atoms with E-state index in [1.807, 2.05) is 0 Å². The van der Waals surface area contributed by atoms with E-state index in [0.717, 1.165) is 22.9 Å². The first kappa shape index (κ1) is 22.3. The molecule has 2 heterocycles. The van der Waals surface area contributed by atoms with Crippen molar-refractivity contribution in [3.63, 3.8) is 0 Å². The molecule has 0 radical (unpaired) electrons. The van der Waals surface area contributed by atoms with Crippen LogP contribution < -0.4 is 10.6 Å². The molecule has 2 N–H and O–H groups in total. The average Bonchev–Trinajstić information content (AvgIpc) is 3.19. The van der Waals surface area contributed by atoms with Crippen LogP contribution in [0.3, 0.4) is 0 Å². The summed E-state index contributed by atoms with van der Waals surface area (Å²) in [5.41, 5.74) is -3.96. The number of nitrogens with zero attached hydrogens (tertiary/aromatic N) is 4. The first-order valence-corrected chi connectivity index (χ1v) is 10.2. The predicted molar refractivity (Wildman–Crippen MR) is 110 cm³/mol. The molecule has 2 atom stereocenters. The number of alkyl halides is 2. The van der Waals surface area contributed by atoms with Crippen molar-refractivity contribution in [2.24, 2.45) is 0 Å². The van der Waals surface area contributed by atoms with Crippen LogP contribution >= 0.6 is 22.7 Å². The summed E-state index contributed by atoms with van der Waals surface area (Å²) in [6, 6.07) is 0. The van der Waals surface area contributed by atoms with Crippen LogP contribution in [0.2, 0.25) is 0 Å². The molecule has 0 spiro atoms. The smallest absolute Gasteiger partial charge is 0.254 e. The fraction of sp³-hybridized carbons (Fsp3) is 0.571. The van der Waals surface area contributed by atoms with Crippen LogP contribution in [-0.4, -0.2) is 59.0 Å². The molecule has 0 aliphatic rings. The van der Waals surface area contributed by atoms with E-state index in [1.54, 1.807) is 0 Å². The van der Waals surface area contributed by atoms with Crippen molar-refractivity contribution in [3.05, 3.63) is 10.0 Å². The monoisotopic (exact) mass is 428 g/mol. The number of carbonyl (C=O) groups excluding carboxylic acids is 2. The van der Waals surface area contributed by atoms with Crippen LogP contribution in [-0.2, 0) is 22.4 Å². The van der Waals surface area contributed by atoms with Gasteiger partial charge < -0.3 is 0 Å². The number of anilines is 2. The molecule has 150 valence electrons. The number of aromatic nitrogens is 4. The summed E-state index contributed by atoms with van der Waals surface area (Å²) in [6.45, 7) is 2.35. The zero-order valence-electron chi connectivity index (χ0n) is 16.0. The van der Waals surface area contributed by atoms with Crippen molar-refractivity contribution in [2.45, 2.75) is 50.7 Å². The highest BCUT2D eigenvalue weighted by Gasteiger charge is 2.28. The maximum Gasteiger partial charge on any atom is 0.254 e. The number of hydrogen-bond acceptors (Lipinski definition) is 8. The van der Waals surface area contributed by atoms with E-state index in [2.05, 4.69) is 31.0 Å². The first-order chi connectivity index (χ1) is 12.9. The summed E-state index contributed by atoms with van der Waals surface area (Å²) < 4.78 is 27.0. The maximum absolute atomic E-state index is 13.5. The minimum Gasteiger partial charge on any atom is -0.298 e. The van der Waals surface area contributed by atoms with E-state index in [-0.39, 0.29) is 10.3 Å². The molecule has 0 fully saturated rings. The van der Waals surface area contributed by atoms with Gasteiger partial charge >= 0.3 is 0 Å². The minimum atomic E-state index is -1.98. The Morgan fingerprint density at radius 2 is 1.21 bits per heavy atom. The summed E-state index contributed by atoms with van der Waals surface area (Å²) in [6.07, 6.45) is 2.92. The van der Waals surface area contributed by atoms with Gasteiger partial charge in [0.15, 0.2) is 15.7 Å². The van der Waals surface area contributed by atoms with Gasteiger partial charge in [-0.15, -0.1) is 20.4 Å². The van der Waals surface area contributed by atoms with Gasteiger partial charge in [-0.05, 0) is 26.7 Å². The fourth-order valence-electron chi connectivity index (χ4n) is 1.85. The van der Waals surface area contributed by atoms with Crippen LogP contribution in [0.5, 0.6) is 0 Å². The molecule has 2 aromatic heterocycles. The largest absolute Gasteiger partial charge is 0.298 e. The van der Waals surface area contributed by atoms with Gasteiger partial charge in [-0.1, -0.05) is 22.7 Å². The van der Waals surface area contributed by atoms with E-state index in [0.29, 0.717) is 12.8 Å². The Morgan fingerprint density at radius 1 is 0.857 bits per heavy atom. The van der Waals surface area contributed by atoms with Crippen molar-refractivity contribution < 1.29 is 18.4 Å². The fourth-order valence-corrected chi connectivity index (χ4v) is 3.41. The zero-order valence-corrected chi connectivity index (χ0v) is 17.6. The lowest BCUT2D eigenvalue weighted by atomic mass is 9.85. The molecule has 28 heavy (non-hydrogen) atoms. The summed E-state index contributed by atoms with van der Waals surface area (Å²) in [7, 11) is 2.35. The Balaban J connectivity index is 1.74. The van der Waals surface area contributed by atoms with Crippen LogP contribution in [0.15, 0.2) is 0 Å². The first-order valence-electron chi connectivity index (χ1n) is 8.60. The Kier molecular flexibility index (Phi) is 7.21. The molecule has 0 aromatic carbocycles. The average molecular weight is 428 g/mol. The molecule has 2 rings (SSSR count). The standard InChI is InChI=1S/C14H20B2F2N6O2S2/c1-13(15,17)9(25)19-11-23-21-7(27-11)5-3-4-6-8-22-24-12(28-8)20-10(26)14(2,16)18/h3-6,15-16H2,1-2H3,(H,19,23,25)(H,20,24,26). The minimum absolute atomic E-state index is 0.269.